The molecule has 0 aromatic heterocycles. The van der Waals surface area contributed by atoms with Gasteiger partial charge in [0, 0.05) is 12.8 Å². The Labute approximate surface area is 130 Å². The number of benzene rings is 1. The van der Waals surface area contributed by atoms with Crippen LogP contribution in [0.5, 0.6) is 5.75 Å². The molecular weight excluding hydrogens is 292 g/mol. The maximum absolute atomic E-state index is 11.6. The third kappa shape index (κ3) is 7.71. The van der Waals surface area contributed by atoms with Crippen LogP contribution in [0.2, 0.25) is 5.02 Å². The zero-order chi connectivity index (χ0) is 15.7. The number of ether oxygens (including phenoxy) is 2. The summed E-state index contributed by atoms with van der Waals surface area (Å²) >= 11 is 5.89. The van der Waals surface area contributed by atoms with Gasteiger partial charge in [0.1, 0.15) is 5.75 Å². The van der Waals surface area contributed by atoms with E-state index in [1.165, 1.54) is 0 Å². The molecule has 0 N–H and O–H groups in total. The Bertz CT molecular complexity index is 471. The van der Waals surface area contributed by atoms with E-state index in [0.717, 1.165) is 0 Å². The van der Waals surface area contributed by atoms with Crippen LogP contribution < -0.4 is 4.74 Å². The van der Waals surface area contributed by atoms with Gasteiger partial charge in [-0.05, 0) is 30.9 Å². The summed E-state index contributed by atoms with van der Waals surface area (Å²) in [6, 6.07) is 6.82. The Morgan fingerprint density at radius 3 is 2.33 bits per heavy atom. The molecule has 0 heterocycles. The van der Waals surface area contributed by atoms with Crippen molar-refractivity contribution in [2.24, 2.45) is 5.92 Å². The second-order valence-electron chi connectivity index (χ2n) is 5.19. The molecular formula is C16H21ClO4. The molecule has 0 saturated heterocycles. The quantitative estimate of drug-likeness (QED) is 0.413. The van der Waals surface area contributed by atoms with Crippen molar-refractivity contribution in [3.05, 3.63) is 29.3 Å². The lowest BCUT2D eigenvalue weighted by molar-refractivity contribution is -0.145. The molecule has 4 nitrogen and oxygen atoms in total. The highest BCUT2D eigenvalue weighted by Crippen LogP contribution is 2.23. The first kappa shape index (κ1) is 17.5. The molecule has 116 valence electrons. The van der Waals surface area contributed by atoms with Gasteiger partial charge in [-0.1, -0.05) is 37.6 Å². The number of esters is 2. The largest absolute Gasteiger partial charge is 0.465 e. The fourth-order valence-electron chi connectivity index (χ4n) is 1.57. The maximum atomic E-state index is 11.6. The summed E-state index contributed by atoms with van der Waals surface area (Å²) in [5, 5.41) is 0.406. The number of hydrogen-bond donors (Lipinski definition) is 0. The van der Waals surface area contributed by atoms with E-state index in [1.807, 2.05) is 13.8 Å². The summed E-state index contributed by atoms with van der Waals surface area (Å²) in [5.74, 6) is 0.127. The Hall–Kier alpha value is -1.55. The van der Waals surface area contributed by atoms with Crippen LogP contribution in [-0.2, 0) is 14.3 Å². The molecule has 0 bridgehead atoms. The summed E-state index contributed by atoms with van der Waals surface area (Å²) in [5.41, 5.74) is 0. The smallest absolute Gasteiger partial charge is 0.311 e. The van der Waals surface area contributed by atoms with Crippen molar-refractivity contribution < 1.29 is 19.1 Å². The fourth-order valence-corrected chi connectivity index (χ4v) is 1.75. The van der Waals surface area contributed by atoms with Crippen molar-refractivity contribution in [1.29, 1.82) is 0 Å². The molecule has 1 aromatic rings. The second kappa shape index (κ2) is 9.40. The summed E-state index contributed by atoms with van der Waals surface area (Å²) in [6.07, 6.45) is 1.77. The predicted molar refractivity (Wildman–Crippen MR) is 81.4 cm³/mol. The minimum absolute atomic E-state index is 0.219. The number of carbonyl (C=O) groups excluding carboxylic acids is 2. The first-order valence-electron chi connectivity index (χ1n) is 7.10. The lowest BCUT2D eigenvalue weighted by atomic mass is 10.2. The molecule has 0 fully saturated rings. The zero-order valence-electron chi connectivity index (χ0n) is 12.4. The van der Waals surface area contributed by atoms with Crippen molar-refractivity contribution in [2.45, 2.75) is 39.5 Å². The number of para-hydroxylation sites is 1. The number of halogens is 1. The van der Waals surface area contributed by atoms with Crippen LogP contribution in [0.15, 0.2) is 24.3 Å². The van der Waals surface area contributed by atoms with Gasteiger partial charge in [-0.15, -0.1) is 0 Å². The number of unbranched alkanes of at least 4 members (excludes halogenated alkanes) is 1. The van der Waals surface area contributed by atoms with E-state index in [1.54, 1.807) is 24.3 Å². The molecule has 0 aliphatic rings. The van der Waals surface area contributed by atoms with E-state index in [9.17, 15) is 9.59 Å². The van der Waals surface area contributed by atoms with Crippen LogP contribution in [0, 0.1) is 5.92 Å². The first-order valence-corrected chi connectivity index (χ1v) is 7.47. The highest BCUT2D eigenvalue weighted by molar-refractivity contribution is 6.32. The number of carbonyl (C=O) groups is 2. The molecule has 5 heteroatoms. The van der Waals surface area contributed by atoms with Gasteiger partial charge >= 0.3 is 11.9 Å². The lowest BCUT2D eigenvalue weighted by Gasteiger charge is -2.07. The average Bonchev–Trinajstić information content (AvgIpc) is 2.44. The van der Waals surface area contributed by atoms with E-state index < -0.39 is 0 Å². The average molecular weight is 313 g/mol. The van der Waals surface area contributed by atoms with Crippen LogP contribution in [0.1, 0.15) is 39.5 Å². The maximum Gasteiger partial charge on any atom is 0.311 e. The molecule has 1 aromatic carbocycles. The van der Waals surface area contributed by atoms with Crippen molar-refractivity contribution in [1.82, 2.24) is 0 Å². The van der Waals surface area contributed by atoms with Crippen LogP contribution in [0.4, 0.5) is 0 Å². The SMILES string of the molecule is CC(C)COC(=O)CCCCC(=O)Oc1ccccc1Cl. The molecule has 0 radical (unpaired) electrons. The Kier molecular flexibility index (Phi) is 7.83. The van der Waals surface area contributed by atoms with Crippen LogP contribution >= 0.6 is 11.6 Å². The van der Waals surface area contributed by atoms with Gasteiger partial charge in [0.2, 0.25) is 0 Å². The third-order valence-electron chi connectivity index (χ3n) is 2.65. The summed E-state index contributed by atoms with van der Waals surface area (Å²) in [4.78, 5) is 23.0. The van der Waals surface area contributed by atoms with E-state index >= 15 is 0 Å². The Morgan fingerprint density at radius 1 is 1.10 bits per heavy atom. The summed E-state index contributed by atoms with van der Waals surface area (Å²) in [6.45, 7) is 4.41. The van der Waals surface area contributed by atoms with E-state index in [-0.39, 0.29) is 18.4 Å². The third-order valence-corrected chi connectivity index (χ3v) is 2.96. The lowest BCUT2D eigenvalue weighted by Crippen LogP contribution is -2.11. The predicted octanol–water partition coefficient (Wildman–Crippen LogP) is 4.01. The van der Waals surface area contributed by atoms with Gasteiger partial charge < -0.3 is 9.47 Å². The van der Waals surface area contributed by atoms with E-state index in [2.05, 4.69) is 0 Å². The van der Waals surface area contributed by atoms with E-state index in [0.29, 0.717) is 42.6 Å². The number of hydrogen-bond acceptors (Lipinski definition) is 4. The molecule has 1 rings (SSSR count). The van der Waals surface area contributed by atoms with Crippen molar-refractivity contribution in [3.63, 3.8) is 0 Å². The molecule has 0 atom stereocenters. The normalized spacial score (nSPS) is 10.5. The van der Waals surface area contributed by atoms with E-state index in [4.69, 9.17) is 21.1 Å². The molecule has 0 amide bonds. The number of rotatable bonds is 8. The van der Waals surface area contributed by atoms with Gasteiger partial charge in [0.25, 0.3) is 0 Å². The van der Waals surface area contributed by atoms with Gasteiger partial charge in [-0.2, -0.15) is 0 Å². The summed E-state index contributed by atoms with van der Waals surface area (Å²) in [7, 11) is 0. The van der Waals surface area contributed by atoms with Gasteiger partial charge in [0.05, 0.1) is 11.6 Å². The monoisotopic (exact) mass is 312 g/mol. The zero-order valence-corrected chi connectivity index (χ0v) is 13.2. The Morgan fingerprint density at radius 2 is 1.71 bits per heavy atom. The van der Waals surface area contributed by atoms with Crippen LogP contribution in [-0.4, -0.2) is 18.5 Å². The minimum atomic E-state index is -0.348. The van der Waals surface area contributed by atoms with Crippen LogP contribution in [0.3, 0.4) is 0 Å². The molecule has 21 heavy (non-hydrogen) atoms. The fraction of sp³-hybridized carbons (Fsp3) is 0.500. The molecule has 0 saturated carbocycles. The van der Waals surface area contributed by atoms with Crippen molar-refractivity contribution in [3.8, 4) is 5.75 Å². The highest BCUT2D eigenvalue weighted by atomic mass is 35.5. The van der Waals surface area contributed by atoms with Crippen LogP contribution in [0.25, 0.3) is 0 Å². The van der Waals surface area contributed by atoms with Crippen molar-refractivity contribution in [2.75, 3.05) is 6.61 Å². The second-order valence-corrected chi connectivity index (χ2v) is 5.60. The summed E-state index contributed by atoms with van der Waals surface area (Å²) < 4.78 is 10.2. The first-order chi connectivity index (χ1) is 9.99. The standard InChI is InChI=1S/C16H21ClO4/c1-12(2)11-20-15(18)9-5-6-10-16(19)21-14-8-4-3-7-13(14)17/h3-4,7-8,12H,5-6,9-11H2,1-2H3. The molecule has 0 spiro atoms. The molecule has 0 unspecified atom stereocenters. The molecule has 0 aliphatic heterocycles. The highest BCUT2D eigenvalue weighted by Gasteiger charge is 2.09. The van der Waals surface area contributed by atoms with Gasteiger partial charge in [-0.25, -0.2) is 0 Å². The van der Waals surface area contributed by atoms with Gasteiger partial charge in [-0.3, -0.25) is 9.59 Å². The Balaban J connectivity index is 2.17. The topological polar surface area (TPSA) is 52.6 Å². The van der Waals surface area contributed by atoms with Crippen molar-refractivity contribution >= 4 is 23.5 Å². The molecule has 0 aliphatic carbocycles. The minimum Gasteiger partial charge on any atom is -0.465 e. The van der Waals surface area contributed by atoms with Gasteiger partial charge in [0.15, 0.2) is 0 Å².